The van der Waals surface area contributed by atoms with Crippen LogP contribution in [0.5, 0.6) is 5.88 Å². The highest BCUT2D eigenvalue weighted by atomic mass is 16.5. The third-order valence-corrected chi connectivity index (χ3v) is 4.98. The molecule has 7 heteroatoms. The van der Waals surface area contributed by atoms with Crippen molar-refractivity contribution >= 4 is 6.03 Å². The van der Waals surface area contributed by atoms with Gasteiger partial charge in [0, 0.05) is 43.4 Å². The summed E-state index contributed by atoms with van der Waals surface area (Å²) < 4.78 is 11.0. The van der Waals surface area contributed by atoms with E-state index in [1.165, 1.54) is 0 Å². The molecule has 1 aromatic heterocycles. The number of pyridine rings is 1. The summed E-state index contributed by atoms with van der Waals surface area (Å²) in [7, 11) is 0. The fourth-order valence-electron chi connectivity index (χ4n) is 3.70. The first-order chi connectivity index (χ1) is 12.2. The highest BCUT2D eigenvalue weighted by Crippen LogP contribution is 2.30. The molecule has 7 nitrogen and oxygen atoms in total. The lowest BCUT2D eigenvalue weighted by molar-refractivity contribution is -0.0576. The Morgan fingerprint density at radius 3 is 3.20 bits per heavy atom. The number of likely N-dealkylation sites (tertiary alicyclic amines) is 1. The monoisotopic (exact) mass is 349 g/mol. The first-order valence-corrected chi connectivity index (χ1v) is 9.07. The summed E-state index contributed by atoms with van der Waals surface area (Å²) in [5, 5.41) is 13.2. The van der Waals surface area contributed by atoms with Crippen LogP contribution in [-0.2, 0) is 11.3 Å². The fourth-order valence-corrected chi connectivity index (χ4v) is 3.70. The Balaban J connectivity index is 1.60. The zero-order valence-electron chi connectivity index (χ0n) is 14.7. The molecule has 2 aliphatic rings. The van der Waals surface area contributed by atoms with Crippen LogP contribution in [0.25, 0.3) is 0 Å². The molecular weight excluding hydrogens is 322 g/mol. The van der Waals surface area contributed by atoms with Gasteiger partial charge in [-0.3, -0.25) is 0 Å². The normalized spacial score (nSPS) is 26.5. The zero-order valence-corrected chi connectivity index (χ0v) is 14.7. The summed E-state index contributed by atoms with van der Waals surface area (Å²) in [5.74, 6) is 0.554. The lowest BCUT2D eigenvalue weighted by Gasteiger charge is -2.36. The van der Waals surface area contributed by atoms with E-state index >= 15 is 0 Å². The summed E-state index contributed by atoms with van der Waals surface area (Å²) in [6.07, 6.45) is 3.80. The van der Waals surface area contributed by atoms with Gasteiger partial charge in [0.15, 0.2) is 0 Å². The molecule has 0 spiro atoms. The lowest BCUT2D eigenvalue weighted by Crippen LogP contribution is -2.50. The lowest BCUT2D eigenvalue weighted by atomic mass is 9.89. The molecule has 138 valence electrons. The molecule has 0 aliphatic carbocycles. The molecule has 2 N–H and O–H groups in total. The maximum atomic E-state index is 12.7. The molecular formula is C18H27N3O4. The average molecular weight is 349 g/mol. The van der Waals surface area contributed by atoms with Crippen molar-refractivity contribution in [2.24, 2.45) is 5.92 Å². The number of hydrogen-bond acceptors (Lipinski definition) is 5. The van der Waals surface area contributed by atoms with Crippen LogP contribution in [0, 0.1) is 5.92 Å². The Kier molecular flexibility index (Phi) is 6.09. The van der Waals surface area contributed by atoms with Gasteiger partial charge >= 0.3 is 6.03 Å². The molecule has 0 saturated carbocycles. The van der Waals surface area contributed by atoms with Crippen LogP contribution < -0.4 is 10.1 Å². The summed E-state index contributed by atoms with van der Waals surface area (Å²) >= 11 is 0. The molecule has 0 aromatic carbocycles. The number of aliphatic hydroxyl groups is 1. The Morgan fingerprint density at radius 2 is 2.40 bits per heavy atom. The van der Waals surface area contributed by atoms with Gasteiger partial charge in [0.25, 0.3) is 0 Å². The topological polar surface area (TPSA) is 83.9 Å². The van der Waals surface area contributed by atoms with Crippen LogP contribution in [0.4, 0.5) is 4.79 Å². The van der Waals surface area contributed by atoms with Crippen molar-refractivity contribution in [3.05, 3.63) is 23.9 Å². The van der Waals surface area contributed by atoms with Crippen molar-refractivity contribution < 1.29 is 19.4 Å². The molecule has 3 atom stereocenters. The number of carbonyl (C=O) groups excluding carboxylic acids is 1. The van der Waals surface area contributed by atoms with Crippen LogP contribution >= 0.6 is 0 Å². The Bertz CT molecular complexity index is 583. The van der Waals surface area contributed by atoms with E-state index < -0.39 is 6.10 Å². The molecule has 1 aromatic rings. The van der Waals surface area contributed by atoms with Gasteiger partial charge in [0.2, 0.25) is 5.88 Å². The van der Waals surface area contributed by atoms with Gasteiger partial charge in [0.1, 0.15) is 0 Å². The van der Waals surface area contributed by atoms with Crippen LogP contribution in [-0.4, -0.2) is 59.5 Å². The molecule has 3 heterocycles. The summed E-state index contributed by atoms with van der Waals surface area (Å²) in [6, 6.07) is 3.67. The average Bonchev–Trinajstić information content (AvgIpc) is 3.11. The number of nitrogens with zero attached hydrogens (tertiary/aromatic N) is 2. The van der Waals surface area contributed by atoms with Gasteiger partial charge in [-0.05, 0) is 32.3 Å². The second-order valence-electron chi connectivity index (χ2n) is 6.56. The SMILES string of the molecule is CCOc1ncccc1CNC(=O)N1CCC[C@@H]1[C@@H]1COCC[C@H]1O. The third kappa shape index (κ3) is 4.22. The van der Waals surface area contributed by atoms with E-state index in [2.05, 4.69) is 10.3 Å². The first kappa shape index (κ1) is 17.9. The van der Waals surface area contributed by atoms with Crippen molar-refractivity contribution in [2.75, 3.05) is 26.4 Å². The number of carbonyl (C=O) groups is 1. The summed E-state index contributed by atoms with van der Waals surface area (Å²) in [4.78, 5) is 18.7. The highest BCUT2D eigenvalue weighted by Gasteiger charge is 2.39. The molecule has 0 unspecified atom stereocenters. The summed E-state index contributed by atoms with van der Waals surface area (Å²) in [5.41, 5.74) is 0.856. The van der Waals surface area contributed by atoms with E-state index in [9.17, 15) is 9.90 Å². The Labute approximate surface area is 148 Å². The largest absolute Gasteiger partial charge is 0.478 e. The number of amides is 2. The molecule has 2 aliphatic heterocycles. The number of urea groups is 1. The van der Waals surface area contributed by atoms with E-state index in [-0.39, 0.29) is 18.0 Å². The number of rotatable bonds is 5. The van der Waals surface area contributed by atoms with Crippen LogP contribution in [0.3, 0.4) is 0 Å². The van der Waals surface area contributed by atoms with E-state index in [4.69, 9.17) is 9.47 Å². The predicted molar refractivity (Wildman–Crippen MR) is 92.3 cm³/mol. The van der Waals surface area contributed by atoms with Crippen LogP contribution in [0.2, 0.25) is 0 Å². The molecule has 2 amide bonds. The number of nitrogens with one attached hydrogen (secondary N) is 1. The second-order valence-corrected chi connectivity index (χ2v) is 6.56. The first-order valence-electron chi connectivity index (χ1n) is 9.07. The Hall–Kier alpha value is -1.86. The van der Waals surface area contributed by atoms with Crippen molar-refractivity contribution in [1.29, 1.82) is 0 Å². The van der Waals surface area contributed by atoms with Crippen molar-refractivity contribution in [2.45, 2.75) is 44.9 Å². The zero-order chi connectivity index (χ0) is 17.6. The maximum Gasteiger partial charge on any atom is 0.317 e. The van der Waals surface area contributed by atoms with E-state index in [0.29, 0.717) is 45.2 Å². The van der Waals surface area contributed by atoms with Gasteiger partial charge in [-0.1, -0.05) is 6.07 Å². The van der Waals surface area contributed by atoms with Crippen molar-refractivity contribution in [1.82, 2.24) is 15.2 Å². The van der Waals surface area contributed by atoms with Gasteiger partial charge in [-0.15, -0.1) is 0 Å². The smallest absolute Gasteiger partial charge is 0.317 e. The standard InChI is InChI=1S/C18H27N3O4/c1-2-25-17-13(5-3-8-19-17)11-20-18(23)21-9-4-6-15(21)14-12-24-10-7-16(14)22/h3,5,8,14-16,22H,2,4,6-7,9-12H2,1H3,(H,20,23)/t14-,15+,16+/m0/s1. The van der Waals surface area contributed by atoms with Gasteiger partial charge in [-0.25, -0.2) is 9.78 Å². The van der Waals surface area contributed by atoms with Gasteiger partial charge in [-0.2, -0.15) is 0 Å². The third-order valence-electron chi connectivity index (χ3n) is 4.98. The van der Waals surface area contributed by atoms with Crippen LogP contribution in [0.1, 0.15) is 31.7 Å². The van der Waals surface area contributed by atoms with Crippen molar-refractivity contribution in [3.8, 4) is 5.88 Å². The number of hydrogen-bond donors (Lipinski definition) is 2. The number of aromatic nitrogens is 1. The van der Waals surface area contributed by atoms with Gasteiger partial charge < -0.3 is 24.8 Å². The quantitative estimate of drug-likeness (QED) is 0.843. The molecule has 2 fully saturated rings. The van der Waals surface area contributed by atoms with E-state index in [1.807, 2.05) is 24.0 Å². The minimum absolute atomic E-state index is 0.000576. The summed E-state index contributed by atoms with van der Waals surface area (Å²) in [6.45, 7) is 4.64. The molecule has 2 saturated heterocycles. The van der Waals surface area contributed by atoms with E-state index in [1.54, 1.807) is 6.20 Å². The highest BCUT2D eigenvalue weighted by molar-refractivity contribution is 5.75. The molecule has 0 radical (unpaired) electrons. The molecule has 0 bridgehead atoms. The van der Waals surface area contributed by atoms with E-state index in [0.717, 1.165) is 18.4 Å². The second kappa shape index (κ2) is 8.49. The number of ether oxygens (including phenoxy) is 2. The fraction of sp³-hybridized carbons (Fsp3) is 0.667. The molecule has 25 heavy (non-hydrogen) atoms. The van der Waals surface area contributed by atoms with Crippen LogP contribution in [0.15, 0.2) is 18.3 Å². The van der Waals surface area contributed by atoms with Crippen molar-refractivity contribution in [3.63, 3.8) is 0 Å². The minimum Gasteiger partial charge on any atom is -0.478 e. The predicted octanol–water partition coefficient (Wildman–Crippen LogP) is 1.55. The van der Waals surface area contributed by atoms with Gasteiger partial charge in [0.05, 0.1) is 19.3 Å². The molecule has 3 rings (SSSR count). The maximum absolute atomic E-state index is 12.7. The minimum atomic E-state index is -0.393. The number of aliphatic hydroxyl groups excluding tert-OH is 1. The Morgan fingerprint density at radius 1 is 1.52 bits per heavy atom.